The number of methoxy groups -OCH3 is 1. The Morgan fingerprint density at radius 2 is 1.77 bits per heavy atom. The molecule has 1 atom stereocenters. The van der Waals surface area contributed by atoms with E-state index in [0.29, 0.717) is 16.6 Å². The first-order valence-electron chi connectivity index (χ1n) is 9.89. The molecular formula is C23H26N2O5S. The van der Waals surface area contributed by atoms with Crippen molar-refractivity contribution < 1.29 is 22.7 Å². The van der Waals surface area contributed by atoms with Crippen LogP contribution in [0, 0.1) is 13.8 Å². The molecule has 0 bridgehead atoms. The quantitative estimate of drug-likeness (QED) is 0.540. The second kappa shape index (κ2) is 8.55. The highest BCUT2D eigenvalue weighted by molar-refractivity contribution is 7.92. The molecule has 7 nitrogen and oxygen atoms in total. The Hall–Kier alpha value is -3.13. The molecule has 0 saturated carbocycles. The number of aromatic nitrogens is 1. The fourth-order valence-electron chi connectivity index (χ4n) is 3.70. The van der Waals surface area contributed by atoms with E-state index in [2.05, 4.69) is 0 Å². The summed E-state index contributed by atoms with van der Waals surface area (Å²) in [7, 11) is -2.50. The Bertz CT molecular complexity index is 1260. The van der Waals surface area contributed by atoms with Gasteiger partial charge in [0.15, 0.2) is 0 Å². The van der Waals surface area contributed by atoms with Crippen molar-refractivity contribution in [2.24, 2.45) is 0 Å². The molecule has 31 heavy (non-hydrogen) atoms. The predicted octanol–water partition coefficient (Wildman–Crippen LogP) is 3.93. The standard InChI is InChI=1S/C23H26N2O5S/c1-6-20(25(31(5,28)29)17-12-11-15(2)16(3)13-17)22(26)24-14-19(23(27)30-4)18-9-7-8-10-21(18)24/h7-14,20H,6H2,1-5H3/t20-/m0/s1. The number of aryl methyl sites for hydroxylation is 2. The van der Waals surface area contributed by atoms with Gasteiger partial charge >= 0.3 is 5.97 Å². The van der Waals surface area contributed by atoms with Gasteiger partial charge in [0, 0.05) is 11.6 Å². The zero-order valence-corrected chi connectivity index (χ0v) is 19.1. The molecule has 0 aliphatic heterocycles. The number of hydrogen-bond donors (Lipinski definition) is 0. The van der Waals surface area contributed by atoms with E-state index in [1.807, 2.05) is 19.9 Å². The normalized spacial score (nSPS) is 12.5. The van der Waals surface area contributed by atoms with Crippen LogP contribution in [-0.4, -0.2) is 44.3 Å². The van der Waals surface area contributed by atoms with Crippen molar-refractivity contribution in [3.63, 3.8) is 0 Å². The number of fused-ring (bicyclic) bond motifs is 1. The minimum atomic E-state index is -3.77. The van der Waals surface area contributed by atoms with Gasteiger partial charge in [-0.15, -0.1) is 0 Å². The number of ether oxygens (including phenoxy) is 1. The van der Waals surface area contributed by atoms with Crippen LogP contribution in [0.3, 0.4) is 0 Å². The van der Waals surface area contributed by atoms with E-state index in [0.717, 1.165) is 21.7 Å². The third-order valence-electron chi connectivity index (χ3n) is 5.41. The molecule has 0 unspecified atom stereocenters. The second-order valence-corrected chi connectivity index (χ2v) is 9.37. The van der Waals surface area contributed by atoms with Crippen molar-refractivity contribution in [3.05, 3.63) is 65.4 Å². The summed E-state index contributed by atoms with van der Waals surface area (Å²) in [6.07, 6.45) is 2.76. The fraction of sp³-hybridized carbons (Fsp3) is 0.304. The van der Waals surface area contributed by atoms with Crippen molar-refractivity contribution in [2.75, 3.05) is 17.7 Å². The van der Waals surface area contributed by atoms with Crippen LogP contribution in [0.2, 0.25) is 0 Å². The van der Waals surface area contributed by atoms with Crippen molar-refractivity contribution in [1.29, 1.82) is 0 Å². The minimum absolute atomic E-state index is 0.249. The molecule has 164 valence electrons. The maximum atomic E-state index is 13.6. The Balaban J connectivity index is 2.18. The second-order valence-electron chi connectivity index (χ2n) is 7.51. The van der Waals surface area contributed by atoms with Crippen LogP contribution >= 0.6 is 0 Å². The lowest BCUT2D eigenvalue weighted by Gasteiger charge is -2.30. The van der Waals surface area contributed by atoms with Gasteiger partial charge in [-0.05, 0) is 49.6 Å². The van der Waals surface area contributed by atoms with Crippen molar-refractivity contribution >= 4 is 38.5 Å². The number of sulfonamides is 1. The number of carbonyl (C=O) groups is 2. The highest BCUT2D eigenvalue weighted by Crippen LogP contribution is 2.28. The van der Waals surface area contributed by atoms with E-state index in [4.69, 9.17) is 4.74 Å². The molecule has 0 amide bonds. The molecule has 3 aromatic rings. The van der Waals surface area contributed by atoms with Gasteiger partial charge in [-0.3, -0.25) is 13.7 Å². The lowest BCUT2D eigenvalue weighted by molar-refractivity contribution is 0.0603. The smallest absolute Gasteiger partial charge is 0.340 e. The number of esters is 1. The maximum absolute atomic E-state index is 13.6. The van der Waals surface area contributed by atoms with E-state index >= 15 is 0 Å². The SMILES string of the molecule is CC[C@@H](C(=O)n1cc(C(=O)OC)c2ccccc21)N(c1ccc(C)c(C)c1)S(C)(=O)=O. The predicted molar refractivity (Wildman–Crippen MR) is 121 cm³/mol. The average molecular weight is 443 g/mol. The van der Waals surface area contributed by atoms with Gasteiger partial charge < -0.3 is 4.74 Å². The van der Waals surface area contributed by atoms with Gasteiger partial charge in [0.05, 0.1) is 30.1 Å². The lowest BCUT2D eigenvalue weighted by Crippen LogP contribution is -2.46. The van der Waals surface area contributed by atoms with Crippen LogP contribution in [0.4, 0.5) is 5.69 Å². The number of para-hydroxylation sites is 1. The first-order chi connectivity index (χ1) is 14.6. The fourth-order valence-corrected chi connectivity index (χ4v) is 4.90. The summed E-state index contributed by atoms with van der Waals surface area (Å²) < 4.78 is 32.9. The van der Waals surface area contributed by atoms with Crippen molar-refractivity contribution in [3.8, 4) is 0 Å². The van der Waals surface area contributed by atoms with Crippen LogP contribution < -0.4 is 4.31 Å². The monoisotopic (exact) mass is 442 g/mol. The Labute approximate surface area is 182 Å². The molecule has 8 heteroatoms. The zero-order chi connectivity index (χ0) is 22.9. The molecule has 3 rings (SSSR count). The van der Waals surface area contributed by atoms with Crippen molar-refractivity contribution in [1.82, 2.24) is 4.57 Å². The number of hydrogen-bond acceptors (Lipinski definition) is 5. The number of nitrogens with zero attached hydrogens (tertiary/aromatic N) is 2. The molecule has 1 heterocycles. The summed E-state index contributed by atoms with van der Waals surface area (Å²) in [6.45, 7) is 5.59. The molecule has 0 saturated heterocycles. The number of carbonyl (C=O) groups excluding carboxylic acids is 2. The van der Waals surface area contributed by atoms with Gasteiger partial charge in [-0.25, -0.2) is 13.2 Å². The molecule has 0 spiro atoms. The Morgan fingerprint density at radius 1 is 1.10 bits per heavy atom. The molecule has 0 aliphatic carbocycles. The molecule has 0 fully saturated rings. The molecule has 0 radical (unpaired) electrons. The first kappa shape index (κ1) is 22.6. The van der Waals surface area contributed by atoms with Crippen molar-refractivity contribution in [2.45, 2.75) is 33.2 Å². The van der Waals surface area contributed by atoms with Gasteiger partial charge in [-0.2, -0.15) is 0 Å². The largest absolute Gasteiger partial charge is 0.465 e. The van der Waals surface area contributed by atoms with E-state index < -0.39 is 27.9 Å². The van der Waals surface area contributed by atoms with E-state index in [9.17, 15) is 18.0 Å². The molecule has 0 N–H and O–H groups in total. The minimum Gasteiger partial charge on any atom is -0.465 e. The van der Waals surface area contributed by atoms with Gasteiger partial charge in [0.1, 0.15) is 6.04 Å². The summed E-state index contributed by atoms with van der Waals surface area (Å²) in [5.74, 6) is -1.01. The highest BCUT2D eigenvalue weighted by Gasteiger charge is 2.33. The molecular weight excluding hydrogens is 416 g/mol. The molecule has 1 aromatic heterocycles. The first-order valence-corrected chi connectivity index (χ1v) is 11.7. The maximum Gasteiger partial charge on any atom is 0.340 e. The van der Waals surface area contributed by atoms with E-state index in [1.54, 1.807) is 43.3 Å². The average Bonchev–Trinajstić information content (AvgIpc) is 3.12. The van der Waals surface area contributed by atoms with Crippen LogP contribution in [0.15, 0.2) is 48.7 Å². The summed E-state index contributed by atoms with van der Waals surface area (Å²) in [5, 5.41) is 0.564. The van der Waals surface area contributed by atoms with Crippen LogP contribution in [0.25, 0.3) is 10.9 Å². The lowest BCUT2D eigenvalue weighted by atomic mass is 10.1. The number of rotatable bonds is 6. The zero-order valence-electron chi connectivity index (χ0n) is 18.2. The Kier molecular flexibility index (Phi) is 6.22. The third-order valence-corrected chi connectivity index (χ3v) is 6.59. The third kappa shape index (κ3) is 4.20. The van der Waals surface area contributed by atoms with E-state index in [1.165, 1.54) is 17.9 Å². The summed E-state index contributed by atoms with van der Waals surface area (Å²) in [5.41, 5.74) is 3.14. The molecule has 2 aromatic carbocycles. The summed E-state index contributed by atoms with van der Waals surface area (Å²) in [4.78, 5) is 25.9. The van der Waals surface area contributed by atoms with Gasteiger partial charge in [-0.1, -0.05) is 31.2 Å². The van der Waals surface area contributed by atoms with Crippen LogP contribution in [0.5, 0.6) is 0 Å². The summed E-state index contributed by atoms with van der Waals surface area (Å²) in [6, 6.07) is 11.3. The van der Waals surface area contributed by atoms with Crippen LogP contribution in [0.1, 0.15) is 39.6 Å². The highest BCUT2D eigenvalue weighted by atomic mass is 32.2. The molecule has 0 aliphatic rings. The Morgan fingerprint density at radius 3 is 2.35 bits per heavy atom. The van der Waals surface area contributed by atoms with Gasteiger partial charge in [0.25, 0.3) is 5.91 Å². The van der Waals surface area contributed by atoms with E-state index in [-0.39, 0.29) is 12.0 Å². The topological polar surface area (TPSA) is 85.7 Å². The number of benzene rings is 2. The van der Waals surface area contributed by atoms with Gasteiger partial charge in [0.2, 0.25) is 10.0 Å². The van der Waals surface area contributed by atoms with Crippen LogP contribution in [-0.2, 0) is 14.8 Å². The summed E-state index contributed by atoms with van der Waals surface area (Å²) >= 11 is 0. The number of anilines is 1.